The van der Waals surface area contributed by atoms with Crippen LogP contribution in [0.1, 0.15) is 239 Å². The molecular weight excluding hydrogens is 1700 g/mol. The highest BCUT2D eigenvalue weighted by Crippen LogP contribution is 2.77. The Balaban J connectivity index is 0.652. The summed E-state index contributed by atoms with van der Waals surface area (Å²) in [7, 11) is 1.74. The molecule has 13 fully saturated rings. The Bertz CT molecular complexity index is 4580. The van der Waals surface area contributed by atoms with Crippen LogP contribution in [-0.2, 0) is 127 Å². The third-order valence-electron chi connectivity index (χ3n) is 36.4. The zero-order valence-corrected chi connectivity index (χ0v) is 82.8. The topological polar surface area (TPSA) is 294 Å². The molecule has 3 aromatic carbocycles. The van der Waals surface area contributed by atoms with Gasteiger partial charge >= 0.3 is 5.97 Å². The van der Waals surface area contributed by atoms with E-state index in [4.69, 9.17) is 99.5 Å². The smallest absolute Gasteiger partial charge is 0.317 e. The summed E-state index contributed by atoms with van der Waals surface area (Å²) in [5, 5.41) is 4.45. The van der Waals surface area contributed by atoms with Gasteiger partial charge in [0.2, 0.25) is 12.1 Å². The van der Waals surface area contributed by atoms with Gasteiger partial charge in [-0.2, -0.15) is 0 Å². The predicted octanol–water partition coefficient (Wildman–Crippen LogP) is 18.4. The van der Waals surface area contributed by atoms with Crippen LogP contribution in [0.3, 0.4) is 0 Å². The van der Waals surface area contributed by atoms with Crippen LogP contribution in [0.4, 0.5) is 0 Å². The van der Waals surface area contributed by atoms with Crippen molar-refractivity contribution in [3.05, 3.63) is 130 Å². The number of fused-ring (bicyclic) bond motifs is 9. The van der Waals surface area contributed by atoms with Crippen LogP contribution in [0.15, 0.2) is 108 Å². The molecule has 27 heteroatoms. The molecule has 9 heterocycles. The number of nitrogens with zero attached hydrogens (tertiary/aromatic N) is 3. The Hall–Kier alpha value is -5.28. The second-order valence-electron chi connectivity index (χ2n) is 44.9. The number of hydrogen-bond donors (Lipinski definition) is 0. The molecule has 0 radical (unpaired) electrons. The summed E-state index contributed by atoms with van der Waals surface area (Å²) < 4.78 is 148. The second-order valence-corrected chi connectivity index (χ2v) is 44.9. The minimum atomic E-state index is -1.43. The molecule has 3 aromatic rings. The predicted molar refractivity (Wildman–Crippen MR) is 490 cm³/mol. The van der Waals surface area contributed by atoms with Crippen molar-refractivity contribution in [2.24, 2.45) is 109 Å². The lowest BCUT2D eigenvalue weighted by Crippen LogP contribution is -2.69. The first kappa shape index (κ1) is 99.3. The van der Waals surface area contributed by atoms with Crippen LogP contribution in [0.5, 0.6) is 0 Å². The minimum Gasteiger partial charge on any atom is -0.432 e. The number of carbonyl (C=O) groups excluding carboxylic acids is 3. The first-order valence-corrected chi connectivity index (χ1v) is 50.2. The molecule has 17 rings (SSSR count). The van der Waals surface area contributed by atoms with Gasteiger partial charge in [-0.25, -0.2) is 0 Å². The van der Waals surface area contributed by atoms with E-state index in [0.29, 0.717) is 75.9 Å². The Morgan fingerprint density at radius 3 is 1.92 bits per heavy atom. The van der Waals surface area contributed by atoms with Crippen LogP contribution < -0.4 is 0 Å². The number of hydrogen-bond acceptors (Lipinski definition) is 25. The van der Waals surface area contributed by atoms with E-state index in [1.54, 1.807) is 14.0 Å². The maximum absolute atomic E-state index is 17.1. The first-order chi connectivity index (χ1) is 63.4. The molecular formula is C106H153N3O24. The molecule has 41 atom stereocenters. The molecule has 27 nitrogen and oxygen atoms in total. The van der Waals surface area contributed by atoms with E-state index in [0.717, 1.165) is 48.7 Å². The number of allylic oxidation sites excluding steroid dienone is 2. The lowest BCUT2D eigenvalue weighted by molar-refractivity contribution is -0.374. The summed E-state index contributed by atoms with van der Waals surface area (Å²) in [6.07, 6.45) is -6.28. The normalized spacial score (nSPS) is 47.5. The highest BCUT2D eigenvalue weighted by atomic mass is 16.9. The number of aldehydes is 1. The number of benzene rings is 3. The van der Waals surface area contributed by atoms with Gasteiger partial charge in [-0.1, -0.05) is 225 Å². The van der Waals surface area contributed by atoms with Gasteiger partial charge in [0.05, 0.1) is 93.8 Å². The monoisotopic (exact) mass is 1850 g/mol. The number of ketones is 1. The van der Waals surface area contributed by atoms with Gasteiger partial charge in [-0.3, -0.25) is 9.59 Å². The number of methoxy groups -OCH3 is 1. The summed E-state index contributed by atoms with van der Waals surface area (Å²) in [5.41, 5.74) is 9.90. The van der Waals surface area contributed by atoms with Crippen LogP contribution in [0, 0.1) is 104 Å². The molecule has 0 aromatic heterocycles. The largest absolute Gasteiger partial charge is 0.432 e. The Morgan fingerprint density at radius 1 is 0.579 bits per heavy atom. The van der Waals surface area contributed by atoms with Gasteiger partial charge < -0.3 is 104 Å². The van der Waals surface area contributed by atoms with E-state index in [2.05, 4.69) is 113 Å². The molecule has 0 N–H and O–H groups in total. The SMILES string of the molecule is CCC1O[C@@H](OC2[C@H](O[C@H]3CCC4(C)C5CC=C6C7CC(C)(C)CC[C@]7(C(=O)O[C@@H]7OC(COCc8ccccc8)[C@H](N=[N+]=[N-])C(C)C7O[C@@H]7OC(C)[C@H](O[C@@H]8OC[C@@H](OCc9ccccc9)C(O[C@@]9%10COCC9(CC)O[C@@H](c9ccccc9)O%10)C8C)C8OC(C)(C)OC87)C(OC)C[C@@]6(C)[C@@]5(C)CC[C@H]4[C@@]3(C)C=O)OC(C(C)=O)[C@@H](C)[C@@H]2O[C@@H]2OC[C@@H](C)[C@H](C)C2C)C(C)[C@@H](C)[C@H]1C. The van der Waals surface area contributed by atoms with Gasteiger partial charge in [0.15, 0.2) is 54.9 Å². The lowest BCUT2D eigenvalue weighted by atomic mass is 9.33. The fourth-order valence-corrected chi connectivity index (χ4v) is 27.4. The van der Waals surface area contributed by atoms with E-state index in [1.807, 2.05) is 133 Å². The summed E-state index contributed by atoms with van der Waals surface area (Å²) in [5.74, 6) is -3.99. The van der Waals surface area contributed by atoms with Gasteiger partial charge in [-0.15, -0.1) is 0 Å². The fraction of sp³-hybridized carbons (Fsp3) is 0.783. The van der Waals surface area contributed by atoms with Gasteiger partial charge in [0.1, 0.15) is 61.0 Å². The van der Waals surface area contributed by atoms with Crippen molar-refractivity contribution in [2.75, 3.05) is 40.1 Å². The van der Waals surface area contributed by atoms with E-state index < -0.39 is 187 Å². The first-order valence-electron chi connectivity index (χ1n) is 50.2. The lowest BCUT2D eigenvalue weighted by Gasteiger charge is -2.71. The van der Waals surface area contributed by atoms with Crippen molar-refractivity contribution in [3.8, 4) is 0 Å². The summed E-state index contributed by atoms with van der Waals surface area (Å²) in [4.78, 5) is 49.4. The van der Waals surface area contributed by atoms with E-state index in [9.17, 15) is 15.1 Å². The summed E-state index contributed by atoms with van der Waals surface area (Å²) >= 11 is 0. The second kappa shape index (κ2) is 39.0. The summed E-state index contributed by atoms with van der Waals surface area (Å²) in [6, 6.07) is 28.8. The van der Waals surface area contributed by atoms with Crippen molar-refractivity contribution in [2.45, 2.75) is 382 Å². The Kier molecular flexibility index (Phi) is 29.1. The van der Waals surface area contributed by atoms with Crippen molar-refractivity contribution in [1.82, 2.24) is 0 Å². The zero-order chi connectivity index (χ0) is 94.6. The van der Waals surface area contributed by atoms with Crippen LogP contribution >= 0.6 is 0 Å². The number of rotatable bonds is 28. The fourth-order valence-electron chi connectivity index (χ4n) is 27.4. The molecule has 9 saturated heterocycles. The molecule has 14 aliphatic rings. The van der Waals surface area contributed by atoms with Crippen molar-refractivity contribution < 1.29 is 114 Å². The average molecular weight is 1850 g/mol. The van der Waals surface area contributed by atoms with Gasteiger partial charge in [0, 0.05) is 41.3 Å². The van der Waals surface area contributed by atoms with Crippen molar-refractivity contribution >= 4 is 18.0 Å². The zero-order valence-electron chi connectivity index (χ0n) is 82.8. The van der Waals surface area contributed by atoms with E-state index in [1.165, 1.54) is 5.57 Å². The molecule has 736 valence electrons. The van der Waals surface area contributed by atoms with E-state index in [-0.39, 0.29) is 96.7 Å². The van der Waals surface area contributed by atoms with Crippen molar-refractivity contribution in [3.63, 3.8) is 0 Å². The Labute approximate surface area is 788 Å². The average Bonchev–Trinajstić information content (AvgIpc) is 1.32. The Morgan fingerprint density at radius 2 is 1.23 bits per heavy atom. The van der Waals surface area contributed by atoms with E-state index >= 15 is 4.79 Å². The number of azide groups is 1. The van der Waals surface area contributed by atoms with Crippen LogP contribution in [0.2, 0.25) is 0 Å². The highest BCUT2D eigenvalue weighted by Gasteiger charge is 2.75. The highest BCUT2D eigenvalue weighted by molar-refractivity contribution is 5.81. The number of ether oxygens (including phenoxy) is 21. The van der Waals surface area contributed by atoms with Crippen LogP contribution in [0.25, 0.3) is 10.4 Å². The number of carbonyl (C=O) groups is 3. The van der Waals surface area contributed by atoms with Gasteiger partial charge in [-0.05, 0) is 184 Å². The number of esters is 1. The van der Waals surface area contributed by atoms with Crippen LogP contribution in [-0.4, -0.2) is 205 Å². The van der Waals surface area contributed by atoms with Gasteiger partial charge in [0.25, 0.3) is 0 Å². The molecule has 5 aliphatic carbocycles. The molecule has 0 spiro atoms. The molecule has 0 amide bonds. The molecule has 18 unspecified atom stereocenters. The summed E-state index contributed by atoms with van der Waals surface area (Å²) in [6.45, 7) is 46.3. The standard InChI is InChI=1S/C106H153N3O24/c1-23-74-61(6)60(5)63(8)92(120-74)127-88-84(124-90-62(7)59(4)58(3)50-117-90)65(10)82(67(12)111)123-95(88)122-79-43-44-100(18)77(101(79,19)55-110)42-45-102(20)78(100)41-40-72-73-48-98(14,15)46-47-105(73,80(113-22)49-103(72,102)21)97(112)128-94-85(64(9)81(108-109-107)75(121-94)53-114-51-69-34-28-25-29-35-69)125-96-89-87(129-99(16,17)130-89)86(68(13)119-96)126-91-66(11)83(76(54-118-91)116-52-70-36-30-26-31-37-70)131-106-57-115-56-104(106,24-2)132-93(133-106)71-38-32-27-33-39-71/h25-40,55,58-66,68,73-96H,23-24,41-54,56-57H2,1-22H3/t58-,59+,60+,61-,62?,63?,64?,65-,66?,68?,73?,74?,75?,76-,77-,78?,79+,80?,81-,82?,83?,84+,85?,86+,87?,88?,89?,90+,91+,92+,93-,94+,95-,96+,100?,101-,102+,103-,104?,105-,106-/m1/s1. The molecule has 0 bridgehead atoms. The quantitative estimate of drug-likeness (QED) is 0.0124. The number of Topliss-reactive ketones (excluding diaryl/α,β-unsaturated/α-hetero) is 1. The third kappa shape index (κ3) is 17.9. The molecule has 4 saturated carbocycles. The maximum Gasteiger partial charge on any atom is 0.317 e. The molecule has 133 heavy (non-hydrogen) atoms. The molecule has 9 aliphatic heterocycles. The minimum absolute atomic E-state index is 0.00317. The third-order valence-corrected chi connectivity index (χ3v) is 36.4. The van der Waals surface area contributed by atoms with Crippen molar-refractivity contribution in [1.29, 1.82) is 0 Å². The maximum atomic E-state index is 17.1.